The zero-order valence-corrected chi connectivity index (χ0v) is 14.2. The van der Waals surface area contributed by atoms with E-state index in [2.05, 4.69) is 32.5 Å². The first-order valence-corrected chi connectivity index (χ1v) is 8.44. The number of anilines is 1. The maximum absolute atomic E-state index is 12.9. The van der Waals surface area contributed by atoms with Crippen molar-refractivity contribution in [3.63, 3.8) is 0 Å². The minimum absolute atomic E-state index is 0.0484. The van der Waals surface area contributed by atoms with Crippen molar-refractivity contribution in [3.8, 4) is 0 Å². The Balaban J connectivity index is 1.56. The van der Waals surface area contributed by atoms with Gasteiger partial charge in [-0.05, 0) is 37.2 Å². The van der Waals surface area contributed by atoms with Crippen molar-refractivity contribution in [1.82, 2.24) is 19.6 Å². The molecule has 0 spiro atoms. The van der Waals surface area contributed by atoms with Gasteiger partial charge in [0.25, 0.3) is 11.6 Å². The maximum atomic E-state index is 12.9. The summed E-state index contributed by atoms with van der Waals surface area (Å²) in [5, 5.41) is 6.86. The lowest BCUT2D eigenvalue weighted by atomic mass is 9.96. The van der Waals surface area contributed by atoms with Crippen LogP contribution in [0, 0.1) is 12.3 Å². The summed E-state index contributed by atoms with van der Waals surface area (Å²) < 4.78 is 39.8. The summed E-state index contributed by atoms with van der Waals surface area (Å²) in [6.45, 7) is 2.39. The van der Waals surface area contributed by atoms with E-state index in [1.807, 2.05) is 18.2 Å². The SMILES string of the molecule is Cc1cc(NCC2(Cc3ccccc3)CC2)n2nc(C(F)(F)F)nc2n1. The van der Waals surface area contributed by atoms with Gasteiger partial charge in [0.2, 0.25) is 0 Å². The molecule has 0 radical (unpaired) electrons. The lowest BCUT2D eigenvalue weighted by Crippen LogP contribution is -2.20. The molecule has 0 aliphatic heterocycles. The quantitative estimate of drug-likeness (QED) is 0.749. The first kappa shape index (κ1) is 16.8. The van der Waals surface area contributed by atoms with E-state index < -0.39 is 12.0 Å². The number of alkyl halides is 3. The molecule has 3 aromatic rings. The van der Waals surface area contributed by atoms with Crippen molar-refractivity contribution in [3.05, 3.63) is 53.5 Å². The molecule has 0 unspecified atom stereocenters. The summed E-state index contributed by atoms with van der Waals surface area (Å²) in [5.41, 5.74) is 2.00. The number of aromatic nitrogens is 4. The molecule has 1 fully saturated rings. The molecule has 0 saturated heterocycles. The molecule has 0 amide bonds. The van der Waals surface area contributed by atoms with Crippen molar-refractivity contribution in [2.24, 2.45) is 5.41 Å². The van der Waals surface area contributed by atoms with Gasteiger partial charge in [-0.1, -0.05) is 30.3 Å². The monoisotopic (exact) mass is 361 g/mol. The summed E-state index contributed by atoms with van der Waals surface area (Å²) >= 11 is 0. The van der Waals surface area contributed by atoms with Gasteiger partial charge in [-0.2, -0.15) is 22.7 Å². The van der Waals surface area contributed by atoms with Gasteiger partial charge in [0.05, 0.1) is 0 Å². The molecular weight excluding hydrogens is 343 g/mol. The number of benzene rings is 1. The minimum atomic E-state index is -4.59. The van der Waals surface area contributed by atoms with Crippen LogP contribution in [0.5, 0.6) is 0 Å². The molecule has 2 heterocycles. The highest BCUT2D eigenvalue weighted by Gasteiger charge is 2.42. The molecular formula is C18H18F3N5. The van der Waals surface area contributed by atoms with Gasteiger partial charge in [0, 0.05) is 18.3 Å². The van der Waals surface area contributed by atoms with Crippen LogP contribution in [-0.4, -0.2) is 26.1 Å². The van der Waals surface area contributed by atoms with Crippen LogP contribution in [0.2, 0.25) is 0 Å². The third-order valence-electron chi connectivity index (χ3n) is 4.72. The van der Waals surface area contributed by atoms with Gasteiger partial charge in [0.15, 0.2) is 0 Å². The van der Waals surface area contributed by atoms with Crippen LogP contribution in [0.25, 0.3) is 5.78 Å². The standard InChI is InChI=1S/C18H18F3N5/c1-12-9-14(26-16(23-12)24-15(25-26)18(19,20)21)22-11-17(7-8-17)10-13-5-3-2-4-6-13/h2-6,9,22H,7-8,10-11H2,1H3. The van der Waals surface area contributed by atoms with Crippen LogP contribution in [-0.2, 0) is 12.6 Å². The first-order chi connectivity index (χ1) is 12.3. The van der Waals surface area contributed by atoms with Crippen molar-refractivity contribution in [2.75, 3.05) is 11.9 Å². The number of rotatable bonds is 5. The maximum Gasteiger partial charge on any atom is 0.453 e. The summed E-state index contributed by atoms with van der Waals surface area (Å²) in [6.07, 6.45) is -1.47. The molecule has 26 heavy (non-hydrogen) atoms. The van der Waals surface area contributed by atoms with Gasteiger partial charge in [0.1, 0.15) is 5.82 Å². The lowest BCUT2D eigenvalue weighted by Gasteiger charge is -2.17. The molecule has 0 atom stereocenters. The Labute approximate surface area is 148 Å². The normalized spacial score (nSPS) is 16.0. The van der Waals surface area contributed by atoms with E-state index in [0.29, 0.717) is 18.1 Å². The van der Waals surface area contributed by atoms with E-state index in [1.165, 1.54) is 5.56 Å². The molecule has 5 nitrogen and oxygen atoms in total. The fourth-order valence-electron chi connectivity index (χ4n) is 3.13. The Morgan fingerprint density at radius 3 is 2.54 bits per heavy atom. The van der Waals surface area contributed by atoms with E-state index in [4.69, 9.17) is 0 Å². The number of aryl methyl sites for hydroxylation is 1. The third-order valence-corrected chi connectivity index (χ3v) is 4.72. The molecule has 1 N–H and O–H groups in total. The van der Waals surface area contributed by atoms with Crippen LogP contribution < -0.4 is 5.32 Å². The molecule has 136 valence electrons. The molecule has 8 heteroatoms. The van der Waals surface area contributed by atoms with Crippen LogP contribution in [0.4, 0.5) is 19.0 Å². The summed E-state index contributed by atoms with van der Waals surface area (Å²) in [5.74, 6) is -0.744. The third kappa shape index (κ3) is 3.36. The van der Waals surface area contributed by atoms with Gasteiger partial charge >= 0.3 is 6.18 Å². The molecule has 4 rings (SSSR count). The van der Waals surface area contributed by atoms with Gasteiger partial charge in [-0.15, -0.1) is 5.10 Å². The number of hydrogen-bond donors (Lipinski definition) is 1. The Morgan fingerprint density at radius 2 is 1.88 bits per heavy atom. The van der Waals surface area contributed by atoms with Crippen LogP contribution >= 0.6 is 0 Å². The highest BCUT2D eigenvalue weighted by atomic mass is 19.4. The van der Waals surface area contributed by atoms with Gasteiger partial charge < -0.3 is 5.32 Å². The summed E-state index contributed by atoms with van der Waals surface area (Å²) in [7, 11) is 0. The fourth-order valence-corrected chi connectivity index (χ4v) is 3.13. The highest BCUT2D eigenvalue weighted by molar-refractivity contribution is 5.46. The van der Waals surface area contributed by atoms with Crippen LogP contribution in [0.15, 0.2) is 36.4 Å². The topological polar surface area (TPSA) is 55.1 Å². The zero-order valence-electron chi connectivity index (χ0n) is 14.2. The van der Waals surface area contributed by atoms with Crippen molar-refractivity contribution in [1.29, 1.82) is 0 Å². The smallest absolute Gasteiger partial charge is 0.369 e. The van der Waals surface area contributed by atoms with E-state index >= 15 is 0 Å². The minimum Gasteiger partial charge on any atom is -0.369 e. The predicted octanol–water partition coefficient (Wildman–Crippen LogP) is 3.89. The Morgan fingerprint density at radius 1 is 1.15 bits per heavy atom. The number of nitrogens with one attached hydrogen (secondary N) is 1. The van der Waals surface area contributed by atoms with Crippen LogP contribution in [0.1, 0.15) is 29.9 Å². The number of nitrogens with zero attached hydrogens (tertiary/aromatic N) is 4. The Hall–Kier alpha value is -2.64. The fraction of sp³-hybridized carbons (Fsp3) is 0.389. The first-order valence-electron chi connectivity index (χ1n) is 8.44. The number of hydrogen-bond acceptors (Lipinski definition) is 4. The average molecular weight is 361 g/mol. The van der Waals surface area contributed by atoms with E-state index in [9.17, 15) is 13.2 Å². The van der Waals surface area contributed by atoms with Gasteiger partial charge in [-0.3, -0.25) is 0 Å². The summed E-state index contributed by atoms with van der Waals surface area (Å²) in [6, 6.07) is 11.9. The lowest BCUT2D eigenvalue weighted by molar-refractivity contribution is -0.144. The molecule has 1 aromatic carbocycles. The number of halogens is 3. The van der Waals surface area contributed by atoms with Crippen molar-refractivity contribution in [2.45, 2.75) is 32.4 Å². The molecule has 0 bridgehead atoms. The van der Waals surface area contributed by atoms with Crippen molar-refractivity contribution >= 4 is 11.6 Å². The van der Waals surface area contributed by atoms with E-state index in [-0.39, 0.29) is 11.2 Å². The van der Waals surface area contributed by atoms with Crippen LogP contribution in [0.3, 0.4) is 0 Å². The Kier molecular flexibility index (Phi) is 3.86. The largest absolute Gasteiger partial charge is 0.453 e. The summed E-state index contributed by atoms with van der Waals surface area (Å²) in [4.78, 5) is 7.56. The van der Waals surface area contributed by atoms with E-state index in [1.54, 1.807) is 13.0 Å². The van der Waals surface area contributed by atoms with E-state index in [0.717, 1.165) is 23.8 Å². The number of fused-ring (bicyclic) bond motifs is 1. The Bertz CT molecular complexity index is 929. The molecule has 1 saturated carbocycles. The average Bonchev–Trinajstić information content (AvgIpc) is 3.19. The predicted molar refractivity (Wildman–Crippen MR) is 90.8 cm³/mol. The highest BCUT2D eigenvalue weighted by Crippen LogP contribution is 2.48. The zero-order chi connectivity index (χ0) is 18.4. The molecule has 1 aliphatic rings. The van der Waals surface area contributed by atoms with Crippen molar-refractivity contribution < 1.29 is 13.2 Å². The second kappa shape index (κ2) is 5.96. The molecule has 2 aromatic heterocycles. The second-order valence-corrected chi connectivity index (χ2v) is 6.94. The molecule has 1 aliphatic carbocycles. The van der Waals surface area contributed by atoms with Gasteiger partial charge in [-0.25, -0.2) is 4.98 Å². The second-order valence-electron chi connectivity index (χ2n) is 6.94.